The van der Waals surface area contributed by atoms with Gasteiger partial charge in [-0.1, -0.05) is 0 Å². The summed E-state index contributed by atoms with van der Waals surface area (Å²) >= 11 is 0. The molecule has 0 spiro atoms. The number of aryl methyl sites for hydroxylation is 1. The molecule has 0 aliphatic heterocycles. The predicted octanol–water partition coefficient (Wildman–Crippen LogP) is 1.46. The molecule has 90 valence electrons. The van der Waals surface area contributed by atoms with E-state index >= 15 is 0 Å². The van der Waals surface area contributed by atoms with Crippen LogP contribution in [0, 0.1) is 12.7 Å². The van der Waals surface area contributed by atoms with Crippen LogP contribution in [0.5, 0.6) is 0 Å². The van der Waals surface area contributed by atoms with E-state index in [-0.39, 0.29) is 24.8 Å². The van der Waals surface area contributed by atoms with Gasteiger partial charge in [0.05, 0.1) is 13.1 Å². The topological polar surface area (TPSA) is 68.3 Å². The summed E-state index contributed by atoms with van der Waals surface area (Å²) in [6.07, 6.45) is 0. The number of hydrogen-bond donors (Lipinski definition) is 2. The molecular weight excluding hydrogens is 223 g/mol. The quantitative estimate of drug-likeness (QED) is 0.847. The van der Waals surface area contributed by atoms with Crippen molar-refractivity contribution in [2.24, 2.45) is 5.73 Å². The highest BCUT2D eigenvalue weighted by molar-refractivity contribution is 5.82. The summed E-state index contributed by atoms with van der Waals surface area (Å²) < 4.78 is 18.6. The monoisotopic (exact) mass is 236 g/mol. The maximum atomic E-state index is 13.1. The maximum absolute atomic E-state index is 13.1. The van der Waals surface area contributed by atoms with E-state index in [1.165, 1.54) is 12.1 Å². The second-order valence-electron chi connectivity index (χ2n) is 3.77. The molecule has 0 aliphatic rings. The van der Waals surface area contributed by atoms with E-state index in [2.05, 4.69) is 5.32 Å². The Morgan fingerprint density at radius 1 is 1.53 bits per heavy atom. The fraction of sp³-hybridized carbons (Fsp3) is 0.250. The fourth-order valence-electron chi connectivity index (χ4n) is 1.66. The van der Waals surface area contributed by atoms with E-state index in [4.69, 9.17) is 10.2 Å². The normalized spacial score (nSPS) is 10.8. The zero-order valence-electron chi connectivity index (χ0n) is 9.42. The van der Waals surface area contributed by atoms with E-state index in [1.807, 2.05) is 6.92 Å². The first kappa shape index (κ1) is 11.6. The highest BCUT2D eigenvalue weighted by Crippen LogP contribution is 2.25. The number of hydrogen-bond acceptors (Lipinski definition) is 3. The van der Waals surface area contributed by atoms with Gasteiger partial charge < -0.3 is 15.5 Å². The molecule has 2 rings (SSSR count). The molecule has 0 aliphatic carbocycles. The van der Waals surface area contributed by atoms with E-state index in [0.29, 0.717) is 11.3 Å². The van der Waals surface area contributed by atoms with Crippen LogP contribution >= 0.6 is 0 Å². The van der Waals surface area contributed by atoms with Gasteiger partial charge >= 0.3 is 0 Å². The lowest BCUT2D eigenvalue weighted by molar-refractivity contribution is -0.119. The lowest BCUT2D eigenvalue weighted by Gasteiger charge is -2.00. The molecule has 5 heteroatoms. The highest BCUT2D eigenvalue weighted by atomic mass is 19.1. The van der Waals surface area contributed by atoms with Crippen molar-refractivity contribution >= 4 is 16.9 Å². The standard InChI is InChI=1S/C12H13FN2O2/c1-7-9-4-8(13)2-3-10(9)17-11(7)6-15-12(16)5-14/h2-4H,5-6,14H2,1H3,(H,15,16). The van der Waals surface area contributed by atoms with Crippen LogP contribution in [0.1, 0.15) is 11.3 Å². The molecule has 1 aromatic heterocycles. The first-order valence-electron chi connectivity index (χ1n) is 5.26. The number of halogens is 1. The number of amides is 1. The molecule has 0 bridgehead atoms. The minimum atomic E-state index is -0.307. The number of nitrogens with one attached hydrogen (secondary N) is 1. The summed E-state index contributed by atoms with van der Waals surface area (Å²) in [5.74, 6) is 0.0578. The minimum Gasteiger partial charge on any atom is -0.459 e. The Morgan fingerprint density at radius 2 is 2.29 bits per heavy atom. The predicted molar refractivity (Wildman–Crippen MR) is 61.8 cm³/mol. The third-order valence-corrected chi connectivity index (χ3v) is 2.63. The summed E-state index contributed by atoms with van der Waals surface area (Å²) in [6.45, 7) is 2.03. The van der Waals surface area contributed by atoms with Crippen molar-refractivity contribution in [3.05, 3.63) is 35.3 Å². The Bertz CT molecular complexity index is 563. The average molecular weight is 236 g/mol. The number of carbonyl (C=O) groups excluding carboxylic acids is 1. The van der Waals surface area contributed by atoms with Crippen molar-refractivity contribution in [3.63, 3.8) is 0 Å². The van der Waals surface area contributed by atoms with Crippen molar-refractivity contribution in [2.45, 2.75) is 13.5 Å². The third kappa shape index (κ3) is 2.29. The van der Waals surface area contributed by atoms with Crippen molar-refractivity contribution in [2.75, 3.05) is 6.54 Å². The van der Waals surface area contributed by atoms with Crippen LogP contribution < -0.4 is 11.1 Å². The molecule has 17 heavy (non-hydrogen) atoms. The van der Waals surface area contributed by atoms with Crippen molar-refractivity contribution in [1.82, 2.24) is 5.32 Å². The Morgan fingerprint density at radius 3 is 3.00 bits per heavy atom. The van der Waals surface area contributed by atoms with Gasteiger partial charge in [0.1, 0.15) is 17.2 Å². The zero-order valence-corrected chi connectivity index (χ0v) is 9.42. The molecule has 1 aromatic carbocycles. The van der Waals surface area contributed by atoms with Gasteiger partial charge in [-0.2, -0.15) is 0 Å². The lowest BCUT2D eigenvalue weighted by Crippen LogP contribution is -2.29. The van der Waals surface area contributed by atoms with Crippen molar-refractivity contribution in [3.8, 4) is 0 Å². The molecule has 0 atom stereocenters. The second kappa shape index (κ2) is 4.55. The summed E-state index contributed by atoms with van der Waals surface area (Å²) in [4.78, 5) is 11.0. The largest absolute Gasteiger partial charge is 0.459 e. The average Bonchev–Trinajstić information content (AvgIpc) is 2.63. The zero-order chi connectivity index (χ0) is 12.4. The van der Waals surface area contributed by atoms with E-state index in [0.717, 1.165) is 10.9 Å². The van der Waals surface area contributed by atoms with E-state index in [9.17, 15) is 9.18 Å². The number of fused-ring (bicyclic) bond motifs is 1. The van der Waals surface area contributed by atoms with Crippen LogP contribution in [0.15, 0.2) is 22.6 Å². The van der Waals surface area contributed by atoms with E-state index < -0.39 is 0 Å². The molecule has 0 unspecified atom stereocenters. The van der Waals surface area contributed by atoms with Crippen molar-refractivity contribution in [1.29, 1.82) is 0 Å². The molecule has 0 saturated carbocycles. The summed E-state index contributed by atoms with van der Waals surface area (Å²) in [5, 5.41) is 3.34. The number of nitrogens with two attached hydrogens (primary N) is 1. The SMILES string of the molecule is Cc1c(CNC(=O)CN)oc2ccc(F)cc12. The molecule has 0 fully saturated rings. The van der Waals surface area contributed by atoms with Gasteiger partial charge in [0, 0.05) is 10.9 Å². The highest BCUT2D eigenvalue weighted by Gasteiger charge is 2.11. The Balaban J connectivity index is 2.29. The van der Waals surface area contributed by atoms with Crippen LogP contribution in [0.3, 0.4) is 0 Å². The lowest BCUT2D eigenvalue weighted by atomic mass is 10.1. The molecular formula is C12H13FN2O2. The molecule has 0 saturated heterocycles. The Labute approximate surface area is 97.6 Å². The summed E-state index contributed by atoms with van der Waals surface area (Å²) in [5.41, 5.74) is 6.62. The first-order chi connectivity index (χ1) is 8.11. The summed E-state index contributed by atoms with van der Waals surface area (Å²) in [7, 11) is 0. The molecule has 4 nitrogen and oxygen atoms in total. The van der Waals surface area contributed by atoms with Crippen LogP contribution in [-0.2, 0) is 11.3 Å². The fourth-order valence-corrected chi connectivity index (χ4v) is 1.66. The van der Waals surface area contributed by atoms with Crippen LogP contribution in [0.4, 0.5) is 4.39 Å². The summed E-state index contributed by atoms with van der Waals surface area (Å²) in [6, 6.07) is 4.34. The Hall–Kier alpha value is -1.88. The van der Waals surface area contributed by atoms with Crippen LogP contribution in [-0.4, -0.2) is 12.5 Å². The van der Waals surface area contributed by atoms with Gasteiger partial charge in [-0.3, -0.25) is 4.79 Å². The Kier molecular flexibility index (Phi) is 3.10. The molecule has 2 aromatic rings. The van der Waals surface area contributed by atoms with Crippen molar-refractivity contribution < 1.29 is 13.6 Å². The smallest absolute Gasteiger partial charge is 0.234 e. The van der Waals surface area contributed by atoms with Gasteiger partial charge in [0.15, 0.2) is 0 Å². The van der Waals surface area contributed by atoms with Gasteiger partial charge in [-0.15, -0.1) is 0 Å². The molecule has 0 radical (unpaired) electrons. The van der Waals surface area contributed by atoms with Gasteiger partial charge in [0.2, 0.25) is 5.91 Å². The molecule has 3 N–H and O–H groups in total. The van der Waals surface area contributed by atoms with Gasteiger partial charge in [-0.25, -0.2) is 4.39 Å². The molecule has 1 heterocycles. The van der Waals surface area contributed by atoms with Gasteiger partial charge in [-0.05, 0) is 25.1 Å². The van der Waals surface area contributed by atoms with E-state index in [1.54, 1.807) is 6.07 Å². The number of furan rings is 1. The second-order valence-corrected chi connectivity index (χ2v) is 3.77. The number of rotatable bonds is 3. The van der Waals surface area contributed by atoms with Gasteiger partial charge in [0.25, 0.3) is 0 Å². The maximum Gasteiger partial charge on any atom is 0.234 e. The number of carbonyl (C=O) groups is 1. The van der Waals surface area contributed by atoms with Crippen LogP contribution in [0.2, 0.25) is 0 Å². The van der Waals surface area contributed by atoms with Crippen LogP contribution in [0.25, 0.3) is 11.0 Å². The number of benzene rings is 1. The third-order valence-electron chi connectivity index (χ3n) is 2.63. The first-order valence-corrected chi connectivity index (χ1v) is 5.26. The minimum absolute atomic E-state index is 0.0616. The molecule has 1 amide bonds.